The van der Waals surface area contributed by atoms with Crippen molar-refractivity contribution in [2.75, 3.05) is 6.61 Å². The van der Waals surface area contributed by atoms with Gasteiger partial charge in [-0.2, -0.15) is 0 Å². The molecule has 3 unspecified atom stereocenters. The molecule has 4 nitrogen and oxygen atoms in total. The normalized spacial score (nSPS) is 16.5. The van der Waals surface area contributed by atoms with Crippen molar-refractivity contribution in [2.45, 2.75) is 84.7 Å². The minimum atomic E-state index is -0.611. The van der Waals surface area contributed by atoms with Gasteiger partial charge < -0.3 is 19.7 Å². The maximum Gasteiger partial charge on any atom is 0.180 e. The lowest BCUT2D eigenvalue weighted by molar-refractivity contribution is -0.182. The molecule has 0 aliphatic rings. The molecule has 0 aromatic rings. The molecule has 0 bridgehead atoms. The Morgan fingerprint density at radius 3 is 2.19 bits per heavy atom. The van der Waals surface area contributed by atoms with Crippen LogP contribution in [0.4, 0.5) is 0 Å². The minimum absolute atomic E-state index is 0.0534. The van der Waals surface area contributed by atoms with Crippen LogP contribution in [0.3, 0.4) is 0 Å². The molecule has 0 fully saturated rings. The van der Waals surface area contributed by atoms with Crippen LogP contribution in [0, 0.1) is 5.92 Å². The van der Waals surface area contributed by atoms with E-state index in [2.05, 4.69) is 6.92 Å². The first-order valence-electron chi connectivity index (χ1n) is 8.27. The number of unbranched alkanes of at least 4 members (excludes halogenated alkanes) is 4. The molecule has 4 heteroatoms. The molecule has 0 aliphatic carbocycles. The van der Waals surface area contributed by atoms with Crippen molar-refractivity contribution in [3.05, 3.63) is 12.3 Å². The van der Waals surface area contributed by atoms with Gasteiger partial charge in [0.05, 0.1) is 25.1 Å². The van der Waals surface area contributed by atoms with E-state index in [4.69, 9.17) is 14.6 Å². The molecule has 0 saturated carbocycles. The lowest BCUT2D eigenvalue weighted by Gasteiger charge is -2.26. The zero-order valence-corrected chi connectivity index (χ0v) is 14.1. The van der Waals surface area contributed by atoms with Crippen LogP contribution in [0.2, 0.25) is 0 Å². The third-order valence-corrected chi connectivity index (χ3v) is 3.56. The van der Waals surface area contributed by atoms with E-state index in [1.165, 1.54) is 31.8 Å². The Bertz CT molecular complexity index is 253. The zero-order valence-electron chi connectivity index (χ0n) is 14.1. The number of hydrogen-bond donors (Lipinski definition) is 2. The Labute approximate surface area is 130 Å². The maximum atomic E-state index is 9.30. The maximum absolute atomic E-state index is 9.30. The van der Waals surface area contributed by atoms with Gasteiger partial charge in [0.25, 0.3) is 0 Å². The second-order valence-electron chi connectivity index (χ2n) is 5.96. The van der Waals surface area contributed by atoms with Gasteiger partial charge in [-0.15, -0.1) is 0 Å². The van der Waals surface area contributed by atoms with Crippen LogP contribution in [-0.2, 0) is 9.47 Å². The molecule has 0 aromatic heterocycles. The van der Waals surface area contributed by atoms with Gasteiger partial charge in [0.15, 0.2) is 6.29 Å². The highest BCUT2D eigenvalue weighted by atomic mass is 16.7. The summed E-state index contributed by atoms with van der Waals surface area (Å²) in [6.07, 6.45) is 8.75. The van der Waals surface area contributed by atoms with Gasteiger partial charge in [0.2, 0.25) is 0 Å². The van der Waals surface area contributed by atoms with Crippen LogP contribution < -0.4 is 0 Å². The topological polar surface area (TPSA) is 58.9 Å². The highest BCUT2D eigenvalue weighted by Gasteiger charge is 2.19. The van der Waals surface area contributed by atoms with Crippen molar-refractivity contribution in [1.82, 2.24) is 0 Å². The van der Waals surface area contributed by atoms with Gasteiger partial charge in [-0.05, 0) is 19.3 Å². The predicted molar refractivity (Wildman–Crippen MR) is 86.3 cm³/mol. The van der Waals surface area contributed by atoms with Crippen molar-refractivity contribution in [2.24, 2.45) is 5.92 Å². The molecule has 0 heterocycles. The van der Waals surface area contributed by atoms with E-state index in [0.29, 0.717) is 0 Å². The largest absolute Gasteiger partial charge is 0.516 e. The van der Waals surface area contributed by atoms with Crippen LogP contribution in [0.25, 0.3) is 0 Å². The second-order valence-corrected chi connectivity index (χ2v) is 5.96. The lowest BCUT2D eigenvalue weighted by Crippen LogP contribution is -2.32. The summed E-state index contributed by atoms with van der Waals surface area (Å²) in [5.41, 5.74) is 0. The SMILES string of the molecule is CCCCCCCC(C)OC(/C=C\O)OC(CO)C(C)C. The summed E-state index contributed by atoms with van der Waals surface area (Å²) >= 11 is 0. The highest BCUT2D eigenvalue weighted by molar-refractivity contribution is 4.79. The van der Waals surface area contributed by atoms with E-state index >= 15 is 0 Å². The van der Waals surface area contributed by atoms with Gasteiger partial charge in [-0.25, -0.2) is 0 Å². The van der Waals surface area contributed by atoms with E-state index in [1.807, 2.05) is 20.8 Å². The standard InChI is InChI=1S/C17H34O4/c1-5-6-7-8-9-10-15(4)20-17(11-12-18)21-16(13-19)14(2)3/h11-12,14-19H,5-10,13H2,1-4H3/b12-11-. The van der Waals surface area contributed by atoms with Gasteiger partial charge >= 0.3 is 0 Å². The first-order chi connectivity index (χ1) is 10.0. The van der Waals surface area contributed by atoms with Crippen molar-refractivity contribution >= 4 is 0 Å². The lowest BCUT2D eigenvalue weighted by atomic mass is 10.1. The van der Waals surface area contributed by atoms with Crippen LogP contribution >= 0.6 is 0 Å². The molecule has 3 atom stereocenters. The van der Waals surface area contributed by atoms with Crippen LogP contribution in [0.1, 0.15) is 66.2 Å². The van der Waals surface area contributed by atoms with E-state index in [1.54, 1.807) is 0 Å². The molecular weight excluding hydrogens is 268 g/mol. The molecule has 0 amide bonds. The molecule has 2 N–H and O–H groups in total. The van der Waals surface area contributed by atoms with Gasteiger partial charge in [0.1, 0.15) is 0 Å². The summed E-state index contributed by atoms with van der Waals surface area (Å²) in [5.74, 6) is 0.192. The summed E-state index contributed by atoms with van der Waals surface area (Å²) in [6.45, 7) is 8.14. The average Bonchev–Trinajstić information content (AvgIpc) is 2.44. The van der Waals surface area contributed by atoms with Crippen molar-refractivity contribution in [1.29, 1.82) is 0 Å². The van der Waals surface area contributed by atoms with Crippen LogP contribution in [0.5, 0.6) is 0 Å². The fourth-order valence-electron chi connectivity index (χ4n) is 2.11. The summed E-state index contributed by atoms with van der Waals surface area (Å²) in [4.78, 5) is 0. The van der Waals surface area contributed by atoms with Crippen LogP contribution in [-0.4, -0.2) is 35.3 Å². The number of ether oxygens (including phenoxy) is 2. The van der Waals surface area contributed by atoms with Gasteiger partial charge in [-0.3, -0.25) is 0 Å². The van der Waals surface area contributed by atoms with Crippen LogP contribution in [0.15, 0.2) is 12.3 Å². The van der Waals surface area contributed by atoms with E-state index < -0.39 is 6.29 Å². The smallest absolute Gasteiger partial charge is 0.180 e. The first-order valence-corrected chi connectivity index (χ1v) is 8.27. The summed E-state index contributed by atoms with van der Waals surface area (Å²) in [5, 5.41) is 18.2. The van der Waals surface area contributed by atoms with E-state index in [9.17, 15) is 5.11 Å². The molecule has 0 radical (unpaired) electrons. The first kappa shape index (κ1) is 20.4. The summed E-state index contributed by atoms with van der Waals surface area (Å²) in [7, 11) is 0. The fraction of sp³-hybridized carbons (Fsp3) is 0.882. The van der Waals surface area contributed by atoms with Gasteiger partial charge in [0, 0.05) is 6.08 Å². The van der Waals surface area contributed by atoms with E-state index in [0.717, 1.165) is 19.1 Å². The molecule has 21 heavy (non-hydrogen) atoms. The Kier molecular flexibility index (Phi) is 12.7. The Morgan fingerprint density at radius 1 is 1.00 bits per heavy atom. The fourth-order valence-corrected chi connectivity index (χ4v) is 2.11. The zero-order chi connectivity index (χ0) is 16.1. The van der Waals surface area contributed by atoms with Gasteiger partial charge in [-0.1, -0.05) is 52.9 Å². The second kappa shape index (κ2) is 13.1. The average molecular weight is 302 g/mol. The molecule has 0 spiro atoms. The molecule has 0 rings (SSSR count). The molecule has 0 saturated heterocycles. The quantitative estimate of drug-likeness (QED) is 0.304. The Balaban J connectivity index is 4.11. The predicted octanol–water partition coefficient (Wildman–Crippen LogP) is 4.18. The number of rotatable bonds is 13. The molecule has 0 aliphatic heterocycles. The molecular formula is C17H34O4. The van der Waals surface area contributed by atoms with E-state index in [-0.39, 0.29) is 24.7 Å². The third-order valence-electron chi connectivity index (χ3n) is 3.56. The monoisotopic (exact) mass is 302 g/mol. The molecule has 126 valence electrons. The Hall–Kier alpha value is -0.580. The number of aliphatic hydroxyl groups excluding tert-OH is 2. The number of aliphatic hydroxyl groups is 2. The minimum Gasteiger partial charge on any atom is -0.516 e. The van der Waals surface area contributed by atoms with Crippen molar-refractivity contribution in [3.63, 3.8) is 0 Å². The number of hydrogen-bond acceptors (Lipinski definition) is 4. The van der Waals surface area contributed by atoms with Crippen molar-refractivity contribution < 1.29 is 19.7 Å². The van der Waals surface area contributed by atoms with Crippen molar-refractivity contribution in [3.8, 4) is 0 Å². The summed E-state index contributed by atoms with van der Waals surface area (Å²) in [6, 6.07) is 0. The highest BCUT2D eigenvalue weighted by Crippen LogP contribution is 2.15. The summed E-state index contributed by atoms with van der Waals surface area (Å²) < 4.78 is 11.5. The molecule has 0 aromatic carbocycles. The third kappa shape index (κ3) is 10.7. The Morgan fingerprint density at radius 2 is 1.67 bits per heavy atom.